The topological polar surface area (TPSA) is 153 Å². The van der Waals surface area contributed by atoms with Gasteiger partial charge in [-0.2, -0.15) is 0 Å². The molecule has 0 radical (unpaired) electrons. The average Bonchev–Trinajstić information content (AvgIpc) is 3.73. The maximum absolute atomic E-state index is 11.8. The molecule has 5 saturated heterocycles. The van der Waals surface area contributed by atoms with Gasteiger partial charge in [0, 0.05) is 37.7 Å². The fourth-order valence-corrected chi connectivity index (χ4v) is 9.91. The SMILES string of the molecule is CC[C@@]1(C2O[C@@H]([C@H]3O[C@@](O)(CO)[C@H](C)C[C@@H]3C)C[C@@H]2C)CCC([C@]2(C)CC[C@]3(C[C@H](O)[C@@H](C)C([C@@H](C)[C@H](OC)C(C)C(=O)O)O3)O2)O1. The van der Waals surface area contributed by atoms with Crippen LogP contribution in [0.15, 0.2) is 0 Å². The summed E-state index contributed by atoms with van der Waals surface area (Å²) < 4.78 is 39.4. The summed E-state index contributed by atoms with van der Waals surface area (Å²) in [5, 5.41) is 41.8. The van der Waals surface area contributed by atoms with E-state index in [-0.39, 0.29) is 54.0 Å². The van der Waals surface area contributed by atoms with Gasteiger partial charge in [-0.05, 0) is 64.2 Å². The zero-order valence-corrected chi connectivity index (χ0v) is 30.0. The summed E-state index contributed by atoms with van der Waals surface area (Å²) in [6.45, 7) is 15.6. The molecule has 0 amide bonds. The monoisotopic (exact) mass is 670 g/mol. The molecule has 4 N–H and O–H groups in total. The second-order valence-electron chi connectivity index (χ2n) is 16.3. The quantitative estimate of drug-likeness (QED) is 0.264. The van der Waals surface area contributed by atoms with Gasteiger partial charge in [0.25, 0.3) is 0 Å². The van der Waals surface area contributed by atoms with Crippen molar-refractivity contribution in [2.75, 3.05) is 13.7 Å². The summed E-state index contributed by atoms with van der Waals surface area (Å²) in [7, 11) is 1.52. The van der Waals surface area contributed by atoms with Crippen LogP contribution in [0.4, 0.5) is 0 Å². The molecule has 4 unspecified atom stereocenters. The number of ether oxygens (including phenoxy) is 6. The number of carboxylic acid groups (broad SMARTS) is 1. The molecule has 47 heavy (non-hydrogen) atoms. The molecule has 0 aromatic heterocycles. The van der Waals surface area contributed by atoms with E-state index in [2.05, 4.69) is 27.7 Å². The Morgan fingerprint density at radius 3 is 2.34 bits per heavy atom. The van der Waals surface area contributed by atoms with Crippen LogP contribution in [0.5, 0.6) is 0 Å². The highest BCUT2D eigenvalue weighted by atomic mass is 16.7. The van der Waals surface area contributed by atoms with E-state index in [1.807, 2.05) is 20.8 Å². The summed E-state index contributed by atoms with van der Waals surface area (Å²) in [5.41, 5.74) is -1.15. The average molecular weight is 671 g/mol. The summed E-state index contributed by atoms with van der Waals surface area (Å²) in [6, 6.07) is 0. The number of hydrogen-bond donors (Lipinski definition) is 4. The lowest BCUT2D eigenvalue weighted by Gasteiger charge is -2.49. The molecule has 0 saturated carbocycles. The molecule has 1 spiro atoms. The van der Waals surface area contributed by atoms with E-state index >= 15 is 0 Å². The Hall–Kier alpha value is -0.890. The predicted octanol–water partition coefficient (Wildman–Crippen LogP) is 4.27. The molecule has 5 aliphatic rings. The largest absolute Gasteiger partial charge is 0.481 e. The first-order chi connectivity index (χ1) is 22.0. The first-order valence-corrected chi connectivity index (χ1v) is 18.1. The Morgan fingerprint density at radius 1 is 1.02 bits per heavy atom. The van der Waals surface area contributed by atoms with E-state index < -0.39 is 59.6 Å². The molecule has 0 aromatic carbocycles. The lowest BCUT2D eigenvalue weighted by molar-refractivity contribution is -0.336. The highest BCUT2D eigenvalue weighted by Gasteiger charge is 2.62. The summed E-state index contributed by atoms with van der Waals surface area (Å²) in [4.78, 5) is 11.8. The van der Waals surface area contributed by atoms with Gasteiger partial charge < -0.3 is 48.8 Å². The van der Waals surface area contributed by atoms with Gasteiger partial charge in [-0.1, -0.05) is 41.5 Å². The number of methoxy groups -OCH3 is 1. The van der Waals surface area contributed by atoms with Crippen LogP contribution in [0, 0.1) is 35.5 Å². The minimum Gasteiger partial charge on any atom is -0.481 e. The van der Waals surface area contributed by atoms with Gasteiger partial charge in [0.05, 0.1) is 66.5 Å². The van der Waals surface area contributed by atoms with Crippen molar-refractivity contribution in [3.63, 3.8) is 0 Å². The van der Waals surface area contributed by atoms with Crippen molar-refractivity contribution in [3.8, 4) is 0 Å². The fourth-order valence-electron chi connectivity index (χ4n) is 9.91. The first kappa shape index (κ1) is 37.4. The molecule has 5 fully saturated rings. The maximum atomic E-state index is 11.8. The van der Waals surface area contributed by atoms with Gasteiger partial charge in [0.2, 0.25) is 0 Å². The molecule has 272 valence electrons. The summed E-state index contributed by atoms with van der Waals surface area (Å²) >= 11 is 0. The minimum absolute atomic E-state index is 0.153. The third-order valence-corrected chi connectivity index (χ3v) is 13.0. The molecular weight excluding hydrogens is 608 g/mol. The van der Waals surface area contributed by atoms with Crippen LogP contribution in [0.3, 0.4) is 0 Å². The fraction of sp³-hybridized carbons (Fsp3) is 0.972. The lowest BCUT2D eigenvalue weighted by atomic mass is 9.78. The van der Waals surface area contributed by atoms with E-state index in [4.69, 9.17) is 28.4 Å². The van der Waals surface area contributed by atoms with Crippen LogP contribution >= 0.6 is 0 Å². The van der Waals surface area contributed by atoms with E-state index in [0.29, 0.717) is 19.3 Å². The predicted molar refractivity (Wildman–Crippen MR) is 172 cm³/mol. The molecule has 5 rings (SSSR count). The van der Waals surface area contributed by atoms with Crippen molar-refractivity contribution in [2.24, 2.45) is 35.5 Å². The maximum Gasteiger partial charge on any atom is 0.308 e. The van der Waals surface area contributed by atoms with Crippen LogP contribution in [0.25, 0.3) is 0 Å². The number of hydrogen-bond acceptors (Lipinski definition) is 10. The van der Waals surface area contributed by atoms with Crippen LogP contribution < -0.4 is 0 Å². The molecule has 5 aliphatic heterocycles. The van der Waals surface area contributed by atoms with Crippen molar-refractivity contribution in [2.45, 2.75) is 172 Å². The van der Waals surface area contributed by atoms with E-state index in [1.165, 1.54) is 7.11 Å². The second-order valence-corrected chi connectivity index (χ2v) is 16.3. The standard InChI is InChI=1S/C36H62O11/c1-10-34(31-20(3)16-26(43-31)28-19(2)15-21(4)36(41,18-37)46-28)12-11-27(44-34)33(8)13-14-35(47-33)17-25(38)22(5)30(45-35)23(6)29(42-9)24(7)32(39)40/h19-31,37-38,41H,10-18H2,1-9H3,(H,39,40)/t19-,20-,21+,22+,23-,24?,25-,26+,27?,28-,29-,30?,31?,33-,34-,35+,36-/m0/s1. The van der Waals surface area contributed by atoms with Crippen molar-refractivity contribution < 1.29 is 53.6 Å². The van der Waals surface area contributed by atoms with Crippen LogP contribution in [0.2, 0.25) is 0 Å². The summed E-state index contributed by atoms with van der Waals surface area (Å²) in [5.74, 6) is -4.52. The van der Waals surface area contributed by atoms with Crippen molar-refractivity contribution in [1.29, 1.82) is 0 Å². The Morgan fingerprint density at radius 2 is 1.72 bits per heavy atom. The normalized spacial score (nSPS) is 50.9. The van der Waals surface area contributed by atoms with Gasteiger partial charge in [-0.15, -0.1) is 0 Å². The van der Waals surface area contributed by atoms with Crippen molar-refractivity contribution in [3.05, 3.63) is 0 Å². The number of carbonyl (C=O) groups is 1. The molecule has 17 atom stereocenters. The van der Waals surface area contributed by atoms with Gasteiger partial charge in [0.1, 0.15) is 0 Å². The van der Waals surface area contributed by atoms with Crippen LogP contribution in [-0.2, 0) is 33.2 Å². The molecular formula is C36H62O11. The molecule has 11 nitrogen and oxygen atoms in total. The van der Waals surface area contributed by atoms with E-state index in [1.54, 1.807) is 6.92 Å². The van der Waals surface area contributed by atoms with Crippen LogP contribution in [0.1, 0.15) is 107 Å². The highest BCUT2D eigenvalue weighted by molar-refractivity contribution is 5.70. The number of aliphatic hydroxyl groups is 3. The number of aliphatic carboxylic acids is 1. The molecule has 0 aliphatic carbocycles. The third-order valence-electron chi connectivity index (χ3n) is 13.0. The molecule has 0 aromatic rings. The minimum atomic E-state index is -1.56. The van der Waals surface area contributed by atoms with E-state index in [9.17, 15) is 25.2 Å². The Kier molecular flexibility index (Phi) is 10.9. The third kappa shape index (κ3) is 6.67. The first-order valence-electron chi connectivity index (χ1n) is 18.1. The van der Waals surface area contributed by atoms with Gasteiger partial charge in [-0.3, -0.25) is 4.79 Å². The van der Waals surface area contributed by atoms with Crippen LogP contribution in [-0.4, -0.2) is 106 Å². The zero-order valence-electron chi connectivity index (χ0n) is 30.0. The lowest BCUT2D eigenvalue weighted by Crippen LogP contribution is -2.57. The Balaban J connectivity index is 1.29. The molecule has 5 heterocycles. The smallest absolute Gasteiger partial charge is 0.308 e. The van der Waals surface area contributed by atoms with E-state index in [0.717, 1.165) is 32.1 Å². The Bertz CT molecular complexity index is 1110. The van der Waals surface area contributed by atoms with Crippen molar-refractivity contribution in [1.82, 2.24) is 0 Å². The van der Waals surface area contributed by atoms with Crippen molar-refractivity contribution >= 4 is 5.97 Å². The van der Waals surface area contributed by atoms with Gasteiger partial charge in [0.15, 0.2) is 11.6 Å². The number of rotatable bonds is 10. The zero-order chi connectivity index (χ0) is 34.7. The van der Waals surface area contributed by atoms with Gasteiger partial charge in [-0.25, -0.2) is 0 Å². The summed E-state index contributed by atoms with van der Waals surface area (Å²) in [6.07, 6.45) is 2.99. The number of aliphatic hydroxyl groups excluding tert-OH is 2. The number of carboxylic acids is 1. The molecule has 0 bridgehead atoms. The molecule has 11 heteroatoms. The highest BCUT2D eigenvalue weighted by Crippen LogP contribution is 2.55. The second kappa shape index (κ2) is 13.7. The van der Waals surface area contributed by atoms with Gasteiger partial charge >= 0.3 is 5.97 Å². The Labute approximate surface area is 281 Å².